The zero-order valence-corrected chi connectivity index (χ0v) is 16.6. The molecule has 0 aromatic heterocycles. The van der Waals surface area contributed by atoms with Gasteiger partial charge in [-0.2, -0.15) is 0 Å². The Morgan fingerprint density at radius 1 is 1.15 bits per heavy atom. The number of nitrogens with zero attached hydrogens (tertiary/aromatic N) is 1. The third-order valence-electron chi connectivity index (χ3n) is 4.52. The number of anilines is 1. The van der Waals surface area contributed by atoms with Crippen LogP contribution in [0.1, 0.15) is 33.6 Å². The van der Waals surface area contributed by atoms with Crippen molar-refractivity contribution >= 4 is 41.0 Å². The molecule has 2 N–H and O–H groups in total. The molecule has 0 atom stereocenters. The van der Waals surface area contributed by atoms with Gasteiger partial charge in [0.25, 0.3) is 0 Å². The van der Waals surface area contributed by atoms with Crippen molar-refractivity contribution in [1.82, 2.24) is 10.2 Å². The standard InChI is InChI=1S/C18H23Cl2N3O3/c1-17(2,3)26-16(25)23-9-18(10-23)7-14(8-18)22-15(24)21-13-5-11(19)4-12(20)6-13/h4-6,14H,7-10H2,1-3H3,(H2,21,22,24). The van der Waals surface area contributed by atoms with E-state index >= 15 is 0 Å². The lowest BCUT2D eigenvalue weighted by molar-refractivity contribution is -0.0806. The van der Waals surface area contributed by atoms with Crippen molar-refractivity contribution < 1.29 is 14.3 Å². The van der Waals surface area contributed by atoms with Crippen LogP contribution in [0, 0.1) is 5.41 Å². The maximum absolute atomic E-state index is 12.1. The first-order valence-corrected chi connectivity index (χ1v) is 9.31. The number of likely N-dealkylation sites (tertiary alicyclic amines) is 1. The van der Waals surface area contributed by atoms with Gasteiger partial charge in [0.15, 0.2) is 0 Å². The third-order valence-corrected chi connectivity index (χ3v) is 4.96. The average Bonchev–Trinajstić information content (AvgIpc) is 2.36. The van der Waals surface area contributed by atoms with E-state index in [1.165, 1.54) is 0 Å². The minimum atomic E-state index is -0.481. The van der Waals surface area contributed by atoms with E-state index in [1.54, 1.807) is 23.1 Å². The number of hydrogen-bond acceptors (Lipinski definition) is 3. The molecule has 1 heterocycles. The van der Waals surface area contributed by atoms with E-state index in [4.69, 9.17) is 27.9 Å². The molecule has 0 unspecified atom stereocenters. The average molecular weight is 400 g/mol. The summed E-state index contributed by atoms with van der Waals surface area (Å²) in [6, 6.07) is 4.70. The lowest BCUT2D eigenvalue weighted by Crippen LogP contribution is -2.68. The Hall–Kier alpha value is -1.66. The van der Waals surface area contributed by atoms with Gasteiger partial charge in [0.1, 0.15) is 5.60 Å². The van der Waals surface area contributed by atoms with Crippen molar-refractivity contribution in [3.8, 4) is 0 Å². The topological polar surface area (TPSA) is 70.7 Å². The van der Waals surface area contributed by atoms with Crippen LogP contribution in [0.2, 0.25) is 10.0 Å². The number of amides is 3. The van der Waals surface area contributed by atoms with Crippen LogP contribution in [-0.2, 0) is 4.74 Å². The lowest BCUT2D eigenvalue weighted by atomic mass is 9.61. The summed E-state index contributed by atoms with van der Waals surface area (Å²) in [4.78, 5) is 25.8. The maximum Gasteiger partial charge on any atom is 0.410 e. The normalized spacial score (nSPS) is 18.7. The van der Waals surface area contributed by atoms with Crippen molar-refractivity contribution in [3.05, 3.63) is 28.2 Å². The Bertz CT molecular complexity index is 699. The second kappa shape index (κ2) is 6.82. The van der Waals surface area contributed by atoms with Gasteiger partial charge in [-0.05, 0) is 51.8 Å². The number of nitrogens with one attached hydrogen (secondary N) is 2. The molecular weight excluding hydrogens is 377 g/mol. The van der Waals surface area contributed by atoms with Crippen molar-refractivity contribution in [2.24, 2.45) is 5.41 Å². The quantitative estimate of drug-likeness (QED) is 0.767. The highest BCUT2D eigenvalue weighted by atomic mass is 35.5. The molecule has 3 amide bonds. The van der Waals surface area contributed by atoms with E-state index in [9.17, 15) is 9.59 Å². The van der Waals surface area contributed by atoms with E-state index in [0.29, 0.717) is 28.8 Å². The molecule has 2 aliphatic rings. The van der Waals surface area contributed by atoms with Gasteiger partial charge in [-0.15, -0.1) is 0 Å². The fourth-order valence-electron chi connectivity index (χ4n) is 3.54. The predicted molar refractivity (Wildman–Crippen MR) is 102 cm³/mol. The summed E-state index contributed by atoms with van der Waals surface area (Å²) in [7, 11) is 0. The van der Waals surface area contributed by atoms with Crippen molar-refractivity contribution in [3.63, 3.8) is 0 Å². The zero-order valence-electron chi connectivity index (χ0n) is 15.1. The summed E-state index contributed by atoms with van der Waals surface area (Å²) < 4.78 is 5.37. The Morgan fingerprint density at radius 3 is 2.27 bits per heavy atom. The number of rotatable bonds is 2. The van der Waals surface area contributed by atoms with Crippen LogP contribution in [0.5, 0.6) is 0 Å². The summed E-state index contributed by atoms with van der Waals surface area (Å²) in [6.45, 7) is 6.94. The molecule has 1 aliphatic heterocycles. The third kappa shape index (κ3) is 4.54. The van der Waals surface area contributed by atoms with E-state index in [2.05, 4.69) is 10.6 Å². The van der Waals surface area contributed by atoms with Crippen molar-refractivity contribution in [1.29, 1.82) is 0 Å². The molecule has 2 fully saturated rings. The van der Waals surface area contributed by atoms with Gasteiger partial charge in [0.2, 0.25) is 0 Å². The highest BCUT2D eigenvalue weighted by molar-refractivity contribution is 6.35. The molecule has 1 saturated heterocycles. The van der Waals surface area contributed by atoms with Gasteiger partial charge in [-0.25, -0.2) is 9.59 Å². The molecule has 0 bridgehead atoms. The number of carbonyl (C=O) groups is 2. The fraction of sp³-hybridized carbons (Fsp3) is 0.556. The first-order valence-electron chi connectivity index (χ1n) is 8.55. The first-order chi connectivity index (χ1) is 12.0. The first kappa shape index (κ1) is 19.1. The summed E-state index contributed by atoms with van der Waals surface area (Å²) in [5.41, 5.74) is 0.188. The number of benzene rings is 1. The molecule has 1 saturated carbocycles. The largest absolute Gasteiger partial charge is 0.444 e. The van der Waals surface area contributed by atoms with Crippen LogP contribution in [0.4, 0.5) is 15.3 Å². The number of hydrogen-bond donors (Lipinski definition) is 2. The van der Waals surface area contributed by atoms with Gasteiger partial charge in [-0.1, -0.05) is 23.2 Å². The van der Waals surface area contributed by atoms with Crippen LogP contribution in [0.25, 0.3) is 0 Å². The number of carbonyl (C=O) groups excluding carboxylic acids is 2. The van der Waals surface area contributed by atoms with Crippen molar-refractivity contribution in [2.75, 3.05) is 18.4 Å². The Balaban J connectivity index is 1.41. The molecule has 1 aromatic carbocycles. The second-order valence-electron chi connectivity index (χ2n) is 8.20. The van der Waals surface area contributed by atoms with Crippen LogP contribution in [-0.4, -0.2) is 41.8 Å². The van der Waals surface area contributed by atoms with Gasteiger partial charge < -0.3 is 20.3 Å². The summed E-state index contributed by atoms with van der Waals surface area (Å²) >= 11 is 11.8. The monoisotopic (exact) mass is 399 g/mol. The molecule has 6 nitrogen and oxygen atoms in total. The Kier molecular flexibility index (Phi) is 5.01. The fourth-order valence-corrected chi connectivity index (χ4v) is 4.07. The Labute approximate surface area is 163 Å². The van der Waals surface area contributed by atoms with Crippen LogP contribution in [0.3, 0.4) is 0 Å². The highest BCUT2D eigenvalue weighted by Gasteiger charge is 2.54. The maximum atomic E-state index is 12.1. The minimum absolute atomic E-state index is 0.102. The van der Waals surface area contributed by atoms with Gasteiger partial charge in [0.05, 0.1) is 0 Å². The van der Waals surface area contributed by atoms with Crippen molar-refractivity contribution in [2.45, 2.75) is 45.3 Å². The van der Waals surface area contributed by atoms with Crippen LogP contribution < -0.4 is 10.6 Å². The molecule has 1 aromatic rings. The lowest BCUT2D eigenvalue weighted by Gasteiger charge is -2.58. The molecular formula is C18H23Cl2N3O3. The number of urea groups is 1. The van der Waals surface area contributed by atoms with Crippen LogP contribution >= 0.6 is 23.2 Å². The summed E-state index contributed by atoms with van der Waals surface area (Å²) in [6.07, 6.45) is 1.45. The minimum Gasteiger partial charge on any atom is -0.444 e. The summed E-state index contributed by atoms with van der Waals surface area (Å²) in [5, 5.41) is 6.60. The van der Waals surface area contributed by atoms with E-state index in [1.807, 2.05) is 20.8 Å². The number of ether oxygens (including phenoxy) is 1. The number of halogens is 2. The molecule has 1 spiro atoms. The zero-order chi connectivity index (χ0) is 19.1. The van der Waals surface area contributed by atoms with E-state index in [-0.39, 0.29) is 23.6 Å². The smallest absolute Gasteiger partial charge is 0.410 e. The van der Waals surface area contributed by atoms with Crippen LogP contribution in [0.15, 0.2) is 18.2 Å². The Morgan fingerprint density at radius 2 is 1.73 bits per heavy atom. The highest BCUT2D eigenvalue weighted by Crippen LogP contribution is 2.48. The van der Waals surface area contributed by atoms with E-state index < -0.39 is 5.60 Å². The molecule has 26 heavy (non-hydrogen) atoms. The molecule has 1 aliphatic carbocycles. The molecule has 3 rings (SSSR count). The van der Waals surface area contributed by atoms with Gasteiger partial charge >= 0.3 is 12.1 Å². The second-order valence-corrected chi connectivity index (χ2v) is 9.07. The molecule has 8 heteroatoms. The molecule has 142 valence electrons. The van der Waals surface area contributed by atoms with E-state index in [0.717, 1.165) is 12.8 Å². The SMILES string of the molecule is CC(C)(C)OC(=O)N1CC2(CC(NC(=O)Nc3cc(Cl)cc(Cl)c3)C2)C1. The van der Waals surface area contributed by atoms with Gasteiger partial charge in [-0.3, -0.25) is 0 Å². The predicted octanol–water partition coefficient (Wildman–Crippen LogP) is 4.51. The molecule has 0 radical (unpaired) electrons. The van der Waals surface area contributed by atoms with Gasteiger partial charge in [0, 0.05) is 40.3 Å². The summed E-state index contributed by atoms with van der Waals surface area (Å²) in [5.74, 6) is 0.